The van der Waals surface area contributed by atoms with Gasteiger partial charge in [-0.1, -0.05) is 69.6 Å². The van der Waals surface area contributed by atoms with Gasteiger partial charge in [-0.25, -0.2) is 0 Å². The van der Waals surface area contributed by atoms with E-state index in [0.717, 1.165) is 13.1 Å². The number of hydrogen-bond acceptors (Lipinski definition) is 4. The summed E-state index contributed by atoms with van der Waals surface area (Å²) >= 11 is 0. The molecule has 0 bridgehead atoms. The Morgan fingerprint density at radius 3 is 1.14 bits per heavy atom. The summed E-state index contributed by atoms with van der Waals surface area (Å²) in [5, 5.41) is 0. The largest absolute Gasteiger partial charge is 3.00 e. The molecule has 0 unspecified atom stereocenters. The molecule has 0 spiro atoms. The molecule has 2 aliphatic heterocycles. The van der Waals surface area contributed by atoms with Gasteiger partial charge in [0.25, 0.3) is 0 Å². The van der Waals surface area contributed by atoms with Crippen molar-refractivity contribution < 1.29 is 17.1 Å². The van der Waals surface area contributed by atoms with E-state index in [1.165, 1.54) is 12.8 Å². The van der Waals surface area contributed by atoms with Crippen LogP contribution in [0.4, 0.5) is 0 Å². The van der Waals surface area contributed by atoms with E-state index in [9.17, 15) is 0 Å². The molecule has 164 valence electrons. The molecule has 28 heavy (non-hydrogen) atoms. The van der Waals surface area contributed by atoms with Crippen LogP contribution < -0.4 is 0 Å². The first-order chi connectivity index (χ1) is 12.4. The van der Waals surface area contributed by atoms with Gasteiger partial charge in [-0.05, 0) is 64.8 Å². The van der Waals surface area contributed by atoms with Crippen LogP contribution in [-0.4, -0.2) is 63.3 Å². The first-order valence-corrected chi connectivity index (χ1v) is 17.0. The van der Waals surface area contributed by atoms with E-state index in [0.29, 0.717) is 0 Å². The Kier molecular flexibility index (Phi) is 15.5. The maximum Gasteiger partial charge on any atom is 3.00 e. The maximum atomic E-state index is 4.82. The Bertz CT molecular complexity index is 407. The maximum absolute atomic E-state index is 4.82. The van der Waals surface area contributed by atoms with Crippen LogP contribution in [0, 0.1) is 13.3 Å². The third-order valence-electron chi connectivity index (χ3n) is 3.28. The van der Waals surface area contributed by atoms with Crippen LogP contribution in [0.2, 0.25) is 39.3 Å². The predicted molar refractivity (Wildman–Crippen MR) is 126 cm³/mol. The molecule has 0 aromatic carbocycles. The Balaban J connectivity index is 0. The van der Waals surface area contributed by atoms with E-state index in [-0.39, 0.29) is 17.1 Å². The molecular weight excluding hydrogens is 421 g/mol. The predicted octanol–water partition coefficient (Wildman–Crippen LogP) is 5.50. The van der Waals surface area contributed by atoms with Gasteiger partial charge < -0.3 is 24.2 Å². The van der Waals surface area contributed by atoms with Gasteiger partial charge in [0.1, 0.15) is 0 Å². The van der Waals surface area contributed by atoms with Crippen LogP contribution in [-0.2, 0) is 17.1 Å². The second-order valence-corrected chi connectivity index (χ2v) is 18.7. The summed E-state index contributed by atoms with van der Waals surface area (Å²) in [6.07, 6.45) is 10.7. The van der Waals surface area contributed by atoms with E-state index < -0.39 is 16.5 Å². The second-order valence-electron chi connectivity index (χ2n) is 9.09. The standard InChI is InChI=1S/2C7H13N2.C6H18NSi2.Mn/c2*1-3-4-9-6-5-8(2)7-9;1-8(2,3)7-9(4,5)6;/h2*5-7H,3-4H2,1-2H3;1-6H3;/q3*-1;+3. The van der Waals surface area contributed by atoms with E-state index in [2.05, 4.69) is 111 Å². The van der Waals surface area contributed by atoms with E-state index in [1.807, 2.05) is 14.1 Å². The van der Waals surface area contributed by atoms with Gasteiger partial charge in [-0.2, -0.15) is 13.3 Å². The van der Waals surface area contributed by atoms with E-state index >= 15 is 0 Å². The molecule has 2 aliphatic rings. The molecular formula is C20H44MnN5Si2. The molecule has 0 radical (unpaired) electrons. The van der Waals surface area contributed by atoms with Gasteiger partial charge in [0.15, 0.2) is 0 Å². The van der Waals surface area contributed by atoms with Gasteiger partial charge in [0, 0.05) is 0 Å². The fraction of sp³-hybridized carbons (Fsp3) is 0.700. The van der Waals surface area contributed by atoms with Crippen molar-refractivity contribution in [1.82, 2.24) is 19.6 Å². The molecule has 0 amide bonds. The summed E-state index contributed by atoms with van der Waals surface area (Å²) in [6, 6.07) is 0. The minimum absolute atomic E-state index is 0. The fourth-order valence-electron chi connectivity index (χ4n) is 2.79. The molecule has 0 aliphatic carbocycles. The average molecular weight is 466 g/mol. The molecule has 0 saturated carbocycles. The van der Waals surface area contributed by atoms with Gasteiger partial charge in [-0.15, -0.1) is 0 Å². The molecule has 0 aromatic heterocycles. The Hall–Kier alpha value is -0.407. The molecule has 2 heterocycles. The molecule has 0 atom stereocenters. The van der Waals surface area contributed by atoms with Crippen molar-refractivity contribution in [2.75, 3.05) is 27.2 Å². The molecule has 5 nitrogen and oxygen atoms in total. The number of nitrogens with zero attached hydrogens (tertiary/aromatic N) is 5. The Labute approximate surface area is 188 Å². The molecule has 0 saturated heterocycles. The second kappa shape index (κ2) is 14.6. The minimum Gasteiger partial charge on any atom is -0.668 e. The topological polar surface area (TPSA) is 27.1 Å². The van der Waals surface area contributed by atoms with E-state index in [1.54, 1.807) is 0 Å². The molecule has 2 rings (SSSR count). The number of hydrogen-bond donors (Lipinski definition) is 0. The van der Waals surface area contributed by atoms with Crippen LogP contribution in [0.5, 0.6) is 0 Å². The zero-order valence-electron chi connectivity index (χ0n) is 19.9. The summed E-state index contributed by atoms with van der Waals surface area (Å²) in [5.74, 6) is 0. The average Bonchev–Trinajstić information content (AvgIpc) is 3.06. The number of rotatable bonds is 6. The summed E-state index contributed by atoms with van der Waals surface area (Å²) in [5.41, 5.74) is 0. The zero-order valence-corrected chi connectivity index (χ0v) is 23.1. The third kappa shape index (κ3) is 17.7. The van der Waals surface area contributed by atoms with Crippen molar-refractivity contribution >= 4 is 16.5 Å². The molecule has 0 aromatic rings. The van der Waals surface area contributed by atoms with Crippen LogP contribution in [0.1, 0.15) is 26.7 Å². The van der Waals surface area contributed by atoms with Crippen molar-refractivity contribution in [1.29, 1.82) is 0 Å². The first kappa shape index (κ1) is 29.8. The summed E-state index contributed by atoms with van der Waals surface area (Å²) in [6.45, 7) is 24.6. The van der Waals surface area contributed by atoms with Gasteiger partial charge >= 0.3 is 17.1 Å². The van der Waals surface area contributed by atoms with Gasteiger partial charge in [0.2, 0.25) is 0 Å². The minimum atomic E-state index is -1.11. The molecule has 8 heteroatoms. The summed E-state index contributed by atoms with van der Waals surface area (Å²) in [4.78, 5) is 8.46. The third-order valence-corrected chi connectivity index (χ3v) is 8.65. The quantitative estimate of drug-likeness (QED) is 0.383. The van der Waals surface area contributed by atoms with Crippen LogP contribution in [0.15, 0.2) is 24.8 Å². The Morgan fingerprint density at radius 2 is 1.00 bits per heavy atom. The van der Waals surface area contributed by atoms with E-state index in [4.69, 9.17) is 4.65 Å². The monoisotopic (exact) mass is 465 g/mol. The van der Waals surface area contributed by atoms with Crippen molar-refractivity contribution in [3.63, 3.8) is 0 Å². The van der Waals surface area contributed by atoms with Crippen molar-refractivity contribution in [3.8, 4) is 0 Å². The van der Waals surface area contributed by atoms with Crippen LogP contribution >= 0.6 is 0 Å². The molecule has 0 fully saturated rings. The van der Waals surface area contributed by atoms with Crippen molar-refractivity contribution in [2.24, 2.45) is 0 Å². The van der Waals surface area contributed by atoms with Crippen molar-refractivity contribution in [3.05, 3.63) is 42.8 Å². The van der Waals surface area contributed by atoms with Crippen molar-refractivity contribution in [2.45, 2.75) is 66.0 Å². The Morgan fingerprint density at radius 1 is 0.679 bits per heavy atom. The molecule has 0 N–H and O–H groups in total. The smallest absolute Gasteiger partial charge is 0.668 e. The normalized spacial score (nSPS) is 15.8. The van der Waals surface area contributed by atoms with Gasteiger partial charge in [-0.3, -0.25) is 0 Å². The summed E-state index contributed by atoms with van der Waals surface area (Å²) in [7, 11) is 1.86. The zero-order chi connectivity index (χ0) is 21.1. The summed E-state index contributed by atoms with van der Waals surface area (Å²) < 4.78 is 4.82. The van der Waals surface area contributed by atoms with Crippen LogP contribution in [0.3, 0.4) is 0 Å². The first-order valence-electron chi connectivity index (χ1n) is 10.1. The van der Waals surface area contributed by atoms with Gasteiger partial charge in [0.05, 0.1) is 0 Å². The SMILES string of the molecule is CCCN1C=CN(C)[CH-]1.CCCN1C=CN(C)[CH-]1.C[Si](C)(C)[N-][Si](C)(C)C.[Mn+3]. The van der Waals surface area contributed by atoms with Crippen LogP contribution in [0.25, 0.3) is 4.65 Å². The fourth-order valence-corrected chi connectivity index (χ4v) is 10.8.